The van der Waals surface area contributed by atoms with Gasteiger partial charge in [0.25, 0.3) is 0 Å². The van der Waals surface area contributed by atoms with Crippen LogP contribution in [0, 0.1) is 35.5 Å². The maximum absolute atomic E-state index is 8.43. The molecule has 7 heteroatoms. The first-order chi connectivity index (χ1) is 14.3. The maximum Gasteiger partial charge on any atom is 0.111 e. The van der Waals surface area contributed by atoms with E-state index in [-0.39, 0.29) is 5.92 Å². The van der Waals surface area contributed by atoms with Gasteiger partial charge in [0.2, 0.25) is 0 Å². The fourth-order valence-corrected chi connectivity index (χ4v) is 4.56. The quantitative estimate of drug-likeness (QED) is 0.334. The highest BCUT2D eigenvalue weighted by Crippen LogP contribution is 2.42. The van der Waals surface area contributed by atoms with E-state index >= 15 is 0 Å². The molecule has 154 valence electrons. The molecular weight excluding hydrogens is 414 g/mol. The predicted octanol–water partition coefficient (Wildman–Crippen LogP) is 5.52. The number of halogens is 1. The van der Waals surface area contributed by atoms with Gasteiger partial charge in [-0.15, -0.1) is 11.3 Å². The summed E-state index contributed by atoms with van der Waals surface area (Å²) in [5.74, 6) is 7.27. The van der Waals surface area contributed by atoms with Crippen LogP contribution >= 0.6 is 22.9 Å². The van der Waals surface area contributed by atoms with Crippen LogP contribution in [-0.2, 0) is 0 Å². The molecule has 0 aliphatic carbocycles. The van der Waals surface area contributed by atoms with E-state index < -0.39 is 0 Å². The van der Waals surface area contributed by atoms with E-state index in [0.717, 1.165) is 32.1 Å². The van der Waals surface area contributed by atoms with Crippen LogP contribution in [0.2, 0.25) is 5.02 Å². The molecule has 1 atom stereocenters. The standard InChI is InChI=1S/C23H24ClN5S/c1-5-21(26)29(16(4)25)23-22(14(2)18-7-9-19(24)10-8-18)15(3)20(30-23)11-6-17-12-27-28-13-17/h7-10,12,17,25-26,28H,2,5,13H2,1,3-4H3. The minimum atomic E-state index is 0.0763. The Morgan fingerprint density at radius 3 is 2.63 bits per heavy atom. The van der Waals surface area contributed by atoms with Crippen LogP contribution in [0.1, 0.15) is 41.8 Å². The van der Waals surface area contributed by atoms with Crippen LogP contribution < -0.4 is 10.3 Å². The van der Waals surface area contributed by atoms with E-state index in [9.17, 15) is 0 Å². The van der Waals surface area contributed by atoms with Crippen molar-refractivity contribution in [3.8, 4) is 11.8 Å². The zero-order valence-electron chi connectivity index (χ0n) is 17.3. The smallest absolute Gasteiger partial charge is 0.111 e. The van der Waals surface area contributed by atoms with Gasteiger partial charge in [0.15, 0.2) is 0 Å². The highest BCUT2D eigenvalue weighted by Gasteiger charge is 2.25. The van der Waals surface area contributed by atoms with Gasteiger partial charge >= 0.3 is 0 Å². The second kappa shape index (κ2) is 9.29. The number of anilines is 1. The Morgan fingerprint density at radius 1 is 1.37 bits per heavy atom. The van der Waals surface area contributed by atoms with Gasteiger partial charge in [-0.05, 0) is 42.7 Å². The van der Waals surface area contributed by atoms with Crippen molar-refractivity contribution >= 4 is 51.4 Å². The van der Waals surface area contributed by atoms with Gasteiger partial charge < -0.3 is 5.43 Å². The lowest BCUT2D eigenvalue weighted by Gasteiger charge is -2.24. The Labute approximate surface area is 186 Å². The second-order valence-electron chi connectivity index (χ2n) is 6.96. The molecule has 1 unspecified atom stereocenters. The van der Waals surface area contributed by atoms with Crippen molar-refractivity contribution in [3.05, 3.63) is 57.4 Å². The summed E-state index contributed by atoms with van der Waals surface area (Å²) in [6.07, 6.45) is 2.33. The largest absolute Gasteiger partial charge is 0.309 e. The first-order valence-electron chi connectivity index (χ1n) is 9.62. The third kappa shape index (κ3) is 4.48. The number of hydrogen-bond acceptors (Lipinski definition) is 5. The topological polar surface area (TPSA) is 75.3 Å². The lowest BCUT2D eigenvalue weighted by Crippen LogP contribution is -2.33. The van der Waals surface area contributed by atoms with Gasteiger partial charge in [-0.3, -0.25) is 15.7 Å². The fraction of sp³-hybridized carbons (Fsp3) is 0.261. The van der Waals surface area contributed by atoms with E-state index in [1.165, 1.54) is 11.3 Å². The molecule has 1 aliphatic heterocycles. The molecule has 0 fully saturated rings. The van der Waals surface area contributed by atoms with Crippen LogP contribution in [0.3, 0.4) is 0 Å². The summed E-state index contributed by atoms with van der Waals surface area (Å²) in [7, 11) is 0. The minimum Gasteiger partial charge on any atom is -0.309 e. The van der Waals surface area contributed by atoms with Crippen molar-refractivity contribution in [2.45, 2.75) is 27.2 Å². The lowest BCUT2D eigenvalue weighted by atomic mass is 9.97. The lowest BCUT2D eigenvalue weighted by molar-refractivity contribution is 0.761. The summed E-state index contributed by atoms with van der Waals surface area (Å²) < 4.78 is 0. The van der Waals surface area contributed by atoms with Crippen LogP contribution in [0.4, 0.5) is 5.00 Å². The minimum absolute atomic E-state index is 0.0763. The Morgan fingerprint density at radius 2 is 2.07 bits per heavy atom. The van der Waals surface area contributed by atoms with Crippen LogP contribution in [-0.4, -0.2) is 24.4 Å². The summed E-state index contributed by atoms with van der Waals surface area (Å²) in [5.41, 5.74) is 6.60. The molecule has 0 radical (unpaired) electrons. The number of hydrogen-bond donors (Lipinski definition) is 3. The van der Waals surface area contributed by atoms with Crippen LogP contribution in [0.25, 0.3) is 5.57 Å². The highest BCUT2D eigenvalue weighted by molar-refractivity contribution is 7.17. The van der Waals surface area contributed by atoms with Crippen LogP contribution in [0.15, 0.2) is 35.9 Å². The Hall–Kier alpha value is -2.88. The van der Waals surface area contributed by atoms with E-state index in [1.807, 2.05) is 44.3 Å². The molecule has 3 rings (SSSR count). The molecule has 0 amide bonds. The monoisotopic (exact) mass is 437 g/mol. The fourth-order valence-electron chi connectivity index (χ4n) is 3.15. The first-order valence-corrected chi connectivity index (χ1v) is 10.8. The van der Waals surface area contributed by atoms with Crippen molar-refractivity contribution in [2.24, 2.45) is 11.0 Å². The van der Waals surface area contributed by atoms with Gasteiger partial charge in [0.1, 0.15) is 16.7 Å². The maximum atomic E-state index is 8.43. The number of amidine groups is 2. The number of nitrogens with one attached hydrogen (secondary N) is 3. The van der Waals surface area contributed by atoms with E-state index in [2.05, 4.69) is 28.9 Å². The zero-order valence-corrected chi connectivity index (χ0v) is 18.8. The highest BCUT2D eigenvalue weighted by atomic mass is 35.5. The van der Waals surface area contributed by atoms with Gasteiger partial charge in [0.05, 0.1) is 17.3 Å². The molecule has 3 N–H and O–H groups in total. The van der Waals surface area contributed by atoms with Crippen molar-refractivity contribution in [1.82, 2.24) is 5.43 Å². The number of rotatable bonds is 4. The molecule has 0 saturated carbocycles. The van der Waals surface area contributed by atoms with Gasteiger partial charge in [-0.1, -0.05) is 49.1 Å². The molecule has 1 aromatic heterocycles. The average Bonchev–Trinajstić information content (AvgIpc) is 3.34. The molecule has 2 heterocycles. The van der Waals surface area contributed by atoms with Crippen LogP contribution in [0.5, 0.6) is 0 Å². The van der Waals surface area contributed by atoms with Crippen molar-refractivity contribution in [1.29, 1.82) is 10.8 Å². The third-order valence-electron chi connectivity index (χ3n) is 4.79. The van der Waals surface area contributed by atoms with E-state index in [4.69, 9.17) is 22.4 Å². The average molecular weight is 438 g/mol. The Bertz CT molecular complexity index is 1090. The summed E-state index contributed by atoms with van der Waals surface area (Å²) in [5, 5.41) is 22.2. The molecule has 2 aromatic rings. The molecular formula is C23H24ClN5S. The summed E-state index contributed by atoms with van der Waals surface area (Å²) >= 11 is 7.55. The number of nitrogens with zero attached hydrogens (tertiary/aromatic N) is 2. The molecule has 5 nitrogen and oxygen atoms in total. The van der Waals surface area contributed by atoms with Crippen molar-refractivity contribution < 1.29 is 0 Å². The third-order valence-corrected chi connectivity index (χ3v) is 6.24. The molecule has 0 saturated heterocycles. The predicted molar refractivity (Wildman–Crippen MR) is 129 cm³/mol. The normalized spacial score (nSPS) is 14.6. The van der Waals surface area contributed by atoms with Crippen molar-refractivity contribution in [3.63, 3.8) is 0 Å². The summed E-state index contributed by atoms with van der Waals surface area (Å²) in [6.45, 7) is 10.7. The second-order valence-corrected chi connectivity index (χ2v) is 8.39. The SMILES string of the molecule is C=C(c1ccc(Cl)cc1)c1c(N(C(C)=N)C(=N)CC)sc(C#CC2C=NNC2)c1C. The Balaban J connectivity index is 2.15. The van der Waals surface area contributed by atoms with Gasteiger partial charge in [0, 0.05) is 23.2 Å². The zero-order chi connectivity index (χ0) is 21.8. The molecule has 0 spiro atoms. The molecule has 1 aromatic carbocycles. The van der Waals surface area contributed by atoms with E-state index in [1.54, 1.807) is 11.8 Å². The van der Waals surface area contributed by atoms with E-state index in [0.29, 0.717) is 29.7 Å². The Kier molecular flexibility index (Phi) is 6.76. The van der Waals surface area contributed by atoms with Crippen molar-refractivity contribution in [2.75, 3.05) is 11.4 Å². The first kappa shape index (κ1) is 21.8. The summed E-state index contributed by atoms with van der Waals surface area (Å²) in [6, 6.07) is 7.54. The molecule has 30 heavy (non-hydrogen) atoms. The summed E-state index contributed by atoms with van der Waals surface area (Å²) in [4.78, 5) is 2.59. The number of hydrazone groups is 1. The number of thiophene rings is 1. The number of benzene rings is 1. The molecule has 0 bridgehead atoms. The molecule has 1 aliphatic rings. The van der Waals surface area contributed by atoms with Gasteiger partial charge in [-0.2, -0.15) is 5.10 Å². The van der Waals surface area contributed by atoms with Gasteiger partial charge in [-0.25, -0.2) is 0 Å².